The number of hydrogen-bond donors (Lipinski definition) is 2. The Bertz CT molecular complexity index is 953. The van der Waals surface area contributed by atoms with Crippen LogP contribution in [0, 0.1) is 5.82 Å². The number of halogens is 2. The highest BCUT2D eigenvalue weighted by Gasteiger charge is 2.14. The summed E-state index contributed by atoms with van der Waals surface area (Å²) in [6.45, 7) is 2.67. The highest BCUT2D eigenvalue weighted by molar-refractivity contribution is 14.0. The topological polar surface area (TPSA) is 76.6 Å². The van der Waals surface area contributed by atoms with Gasteiger partial charge < -0.3 is 19.8 Å². The van der Waals surface area contributed by atoms with Crippen LogP contribution in [0.5, 0.6) is 0 Å². The summed E-state index contributed by atoms with van der Waals surface area (Å²) in [7, 11) is 0. The minimum Gasteiger partial charge on any atom is -0.469 e. The SMILES string of the molecule is Fc1ccc(-n2ccc(CN=C(NCCc3ccco3)NCC3CCCCO3)n2)cc1.I. The van der Waals surface area contributed by atoms with Crippen molar-refractivity contribution in [1.29, 1.82) is 0 Å². The molecular formula is C23H29FIN5O2. The van der Waals surface area contributed by atoms with Gasteiger partial charge >= 0.3 is 0 Å². The van der Waals surface area contributed by atoms with Crippen LogP contribution >= 0.6 is 24.0 Å². The van der Waals surface area contributed by atoms with Gasteiger partial charge in [0.15, 0.2) is 5.96 Å². The fraction of sp³-hybridized carbons (Fsp3) is 0.391. The molecule has 1 aromatic carbocycles. The average Bonchev–Trinajstić information content (AvgIpc) is 3.49. The standard InChI is InChI=1S/C23H28FN5O2.HI/c24-18-6-8-20(9-7-18)29-13-11-19(28-29)16-26-23(25-12-10-21-5-3-15-30-21)27-17-22-4-1-2-14-31-22;/h3,5-9,11,13,15,22H,1-2,4,10,12,14,16-17H2,(H2,25,26,27);1H. The van der Waals surface area contributed by atoms with E-state index in [1.54, 1.807) is 23.1 Å². The number of hydrogen-bond acceptors (Lipinski definition) is 4. The van der Waals surface area contributed by atoms with Gasteiger partial charge in [0.2, 0.25) is 0 Å². The molecule has 0 bridgehead atoms. The number of nitrogens with one attached hydrogen (secondary N) is 2. The van der Waals surface area contributed by atoms with Crippen molar-refractivity contribution in [2.24, 2.45) is 4.99 Å². The number of aliphatic imine (C=N–C) groups is 1. The van der Waals surface area contributed by atoms with Gasteiger partial charge in [-0.2, -0.15) is 5.10 Å². The molecule has 1 unspecified atom stereocenters. The number of aromatic nitrogens is 2. The van der Waals surface area contributed by atoms with Gasteiger partial charge in [-0.15, -0.1) is 24.0 Å². The molecule has 32 heavy (non-hydrogen) atoms. The van der Waals surface area contributed by atoms with Crippen LogP contribution < -0.4 is 10.6 Å². The molecule has 0 saturated carbocycles. The molecule has 4 rings (SSSR count). The fourth-order valence-electron chi connectivity index (χ4n) is 3.46. The van der Waals surface area contributed by atoms with E-state index in [9.17, 15) is 4.39 Å². The molecule has 0 spiro atoms. The summed E-state index contributed by atoms with van der Waals surface area (Å²) in [4.78, 5) is 4.69. The van der Waals surface area contributed by atoms with Crippen LogP contribution in [-0.4, -0.2) is 41.5 Å². The Hall–Kier alpha value is -2.40. The third kappa shape index (κ3) is 7.33. The van der Waals surface area contributed by atoms with Crippen LogP contribution in [-0.2, 0) is 17.7 Å². The van der Waals surface area contributed by atoms with E-state index in [0.29, 0.717) is 13.1 Å². The van der Waals surface area contributed by atoms with Gasteiger partial charge in [0, 0.05) is 32.3 Å². The lowest BCUT2D eigenvalue weighted by Gasteiger charge is -2.23. The fourth-order valence-corrected chi connectivity index (χ4v) is 3.46. The van der Waals surface area contributed by atoms with Crippen molar-refractivity contribution in [2.75, 3.05) is 19.7 Å². The summed E-state index contributed by atoms with van der Waals surface area (Å²) in [5.74, 6) is 1.39. The van der Waals surface area contributed by atoms with Gasteiger partial charge in [-0.25, -0.2) is 14.1 Å². The van der Waals surface area contributed by atoms with Crippen LogP contribution in [0.15, 0.2) is 64.3 Å². The normalized spacial score (nSPS) is 16.4. The van der Waals surface area contributed by atoms with Crippen molar-refractivity contribution in [1.82, 2.24) is 20.4 Å². The molecule has 2 aromatic heterocycles. The molecule has 0 amide bonds. The minimum absolute atomic E-state index is 0. The van der Waals surface area contributed by atoms with Crippen molar-refractivity contribution in [3.05, 3.63) is 72.2 Å². The van der Waals surface area contributed by atoms with Gasteiger partial charge in [-0.1, -0.05) is 0 Å². The van der Waals surface area contributed by atoms with Crippen molar-refractivity contribution >= 4 is 29.9 Å². The van der Waals surface area contributed by atoms with E-state index in [1.807, 2.05) is 24.4 Å². The molecule has 9 heteroatoms. The molecule has 1 atom stereocenters. The zero-order valence-corrected chi connectivity index (χ0v) is 20.2. The predicted octanol–water partition coefficient (Wildman–Crippen LogP) is 4.07. The predicted molar refractivity (Wildman–Crippen MR) is 132 cm³/mol. The lowest BCUT2D eigenvalue weighted by Crippen LogP contribution is -2.43. The molecule has 1 aliphatic heterocycles. The third-order valence-electron chi connectivity index (χ3n) is 5.15. The number of guanidine groups is 1. The number of ether oxygens (including phenoxy) is 1. The summed E-state index contributed by atoms with van der Waals surface area (Å²) in [6, 6.07) is 12.0. The monoisotopic (exact) mass is 553 g/mol. The van der Waals surface area contributed by atoms with Crippen molar-refractivity contribution in [3.8, 4) is 5.69 Å². The summed E-state index contributed by atoms with van der Waals surface area (Å²) < 4.78 is 26.1. The van der Waals surface area contributed by atoms with Crippen LogP contribution in [0.25, 0.3) is 5.69 Å². The molecule has 0 aliphatic carbocycles. The lowest BCUT2D eigenvalue weighted by atomic mass is 10.1. The Kier molecular flexibility index (Phi) is 9.54. The largest absolute Gasteiger partial charge is 0.469 e. The van der Waals surface area contributed by atoms with E-state index in [-0.39, 0.29) is 35.9 Å². The van der Waals surface area contributed by atoms with Crippen LogP contribution in [0.1, 0.15) is 30.7 Å². The second-order valence-corrected chi connectivity index (χ2v) is 7.52. The van der Waals surface area contributed by atoms with Crippen molar-refractivity contribution in [2.45, 2.75) is 38.3 Å². The molecule has 1 fully saturated rings. The molecule has 3 heterocycles. The first-order chi connectivity index (χ1) is 15.3. The zero-order valence-electron chi connectivity index (χ0n) is 17.9. The van der Waals surface area contributed by atoms with Gasteiger partial charge in [-0.3, -0.25) is 0 Å². The van der Waals surface area contributed by atoms with Crippen LogP contribution in [0.2, 0.25) is 0 Å². The van der Waals surface area contributed by atoms with E-state index >= 15 is 0 Å². The Morgan fingerprint density at radius 1 is 1.16 bits per heavy atom. The number of benzene rings is 1. The lowest BCUT2D eigenvalue weighted by molar-refractivity contribution is 0.0194. The molecule has 7 nitrogen and oxygen atoms in total. The highest BCUT2D eigenvalue weighted by Crippen LogP contribution is 2.12. The molecule has 0 radical (unpaired) electrons. The average molecular weight is 553 g/mol. The Balaban J connectivity index is 0.00000289. The van der Waals surface area contributed by atoms with E-state index < -0.39 is 0 Å². The molecule has 1 saturated heterocycles. The molecule has 172 valence electrons. The van der Waals surface area contributed by atoms with Gasteiger partial charge in [0.1, 0.15) is 11.6 Å². The number of nitrogens with zero attached hydrogens (tertiary/aromatic N) is 3. The van der Waals surface area contributed by atoms with E-state index in [0.717, 1.165) is 55.5 Å². The second-order valence-electron chi connectivity index (χ2n) is 7.52. The van der Waals surface area contributed by atoms with Gasteiger partial charge in [-0.05, 0) is 61.7 Å². The minimum atomic E-state index is -0.265. The molecular weight excluding hydrogens is 524 g/mol. The van der Waals surface area contributed by atoms with E-state index in [4.69, 9.17) is 14.1 Å². The van der Waals surface area contributed by atoms with Gasteiger partial charge in [0.25, 0.3) is 0 Å². The maximum atomic E-state index is 13.1. The van der Waals surface area contributed by atoms with E-state index in [2.05, 4.69) is 15.7 Å². The van der Waals surface area contributed by atoms with Crippen molar-refractivity contribution < 1.29 is 13.5 Å². The van der Waals surface area contributed by atoms with Crippen LogP contribution in [0.4, 0.5) is 4.39 Å². The maximum absolute atomic E-state index is 13.1. The maximum Gasteiger partial charge on any atom is 0.191 e. The first kappa shape index (κ1) is 24.2. The molecule has 2 N–H and O–H groups in total. The Morgan fingerprint density at radius 2 is 2.03 bits per heavy atom. The third-order valence-corrected chi connectivity index (χ3v) is 5.15. The smallest absolute Gasteiger partial charge is 0.191 e. The molecule has 1 aliphatic rings. The highest BCUT2D eigenvalue weighted by atomic mass is 127. The van der Waals surface area contributed by atoms with Crippen LogP contribution in [0.3, 0.4) is 0 Å². The Morgan fingerprint density at radius 3 is 2.78 bits per heavy atom. The zero-order chi connectivity index (χ0) is 21.3. The summed E-state index contributed by atoms with van der Waals surface area (Å²) >= 11 is 0. The summed E-state index contributed by atoms with van der Waals surface area (Å²) in [5.41, 5.74) is 1.63. The second kappa shape index (κ2) is 12.6. The number of rotatable bonds is 8. The molecule has 3 aromatic rings. The quantitative estimate of drug-likeness (QED) is 0.250. The first-order valence-corrected chi connectivity index (χ1v) is 10.7. The Labute approximate surface area is 204 Å². The summed E-state index contributed by atoms with van der Waals surface area (Å²) in [5, 5.41) is 11.3. The first-order valence-electron chi connectivity index (χ1n) is 10.7. The van der Waals surface area contributed by atoms with E-state index in [1.165, 1.54) is 18.6 Å². The van der Waals surface area contributed by atoms with Crippen molar-refractivity contribution in [3.63, 3.8) is 0 Å². The summed E-state index contributed by atoms with van der Waals surface area (Å²) in [6.07, 6.45) is 7.91. The van der Waals surface area contributed by atoms with Gasteiger partial charge in [0.05, 0.1) is 30.3 Å². The number of furan rings is 1.